The van der Waals surface area contributed by atoms with E-state index in [-0.39, 0.29) is 33.9 Å². The molecule has 4 N–H and O–H groups in total. The molecule has 0 amide bonds. The first-order chi connectivity index (χ1) is 13.6. The third-order valence-electron chi connectivity index (χ3n) is 4.93. The van der Waals surface area contributed by atoms with Gasteiger partial charge in [-0.15, -0.1) is 0 Å². The second-order valence-electron chi connectivity index (χ2n) is 9.51. The smallest absolute Gasteiger partial charge is 0.325 e. The number of nitrogens with one attached hydrogen (secondary N) is 1. The lowest BCUT2D eigenvalue weighted by atomic mass is 9.77. The summed E-state index contributed by atoms with van der Waals surface area (Å²) in [6.07, 6.45) is 0. The molecule has 0 saturated carbocycles. The minimum absolute atomic E-state index is 0.0413. The molecular weight excluding hydrogens is 425 g/mol. The summed E-state index contributed by atoms with van der Waals surface area (Å²) in [7, 11) is 0. The summed E-state index contributed by atoms with van der Waals surface area (Å²) in [5, 5.41) is 34.4. The third kappa shape index (κ3) is 5.39. The number of carboxylic acids is 1. The molecule has 7 heteroatoms. The Morgan fingerprint density at radius 3 is 1.87 bits per heavy atom. The maximum atomic E-state index is 12.1. The number of phenolic OH excluding ortho intramolecular Hbond substituents is 2. The summed E-state index contributed by atoms with van der Waals surface area (Å²) in [5.74, 6) is -1.04. The third-order valence-corrected chi connectivity index (χ3v) is 5.44. The summed E-state index contributed by atoms with van der Waals surface area (Å²) in [5.41, 5.74) is 1.48. The highest BCUT2D eigenvalue weighted by Crippen LogP contribution is 2.41. The highest BCUT2D eigenvalue weighted by molar-refractivity contribution is 6.35. The van der Waals surface area contributed by atoms with E-state index in [0.29, 0.717) is 27.3 Å². The Hall–Kier alpha value is -1.95. The van der Waals surface area contributed by atoms with E-state index in [2.05, 4.69) is 5.32 Å². The van der Waals surface area contributed by atoms with E-state index in [1.165, 1.54) is 12.1 Å². The molecular formula is C23H29Cl2NO4. The van der Waals surface area contributed by atoms with E-state index in [1.54, 1.807) is 12.1 Å². The van der Waals surface area contributed by atoms with Gasteiger partial charge in [-0.2, -0.15) is 0 Å². The zero-order valence-corrected chi connectivity index (χ0v) is 19.6. The van der Waals surface area contributed by atoms with Gasteiger partial charge in [-0.05, 0) is 51.8 Å². The molecule has 0 aliphatic carbocycles. The molecule has 30 heavy (non-hydrogen) atoms. The standard InChI is InChI=1S/C23H29Cl2NO4/c1-22(2,3)15-8-12(9-16(20(15)28)23(4,5)6)18(21(29)30)26-11-13-7-14(24)10-17(25)19(13)27/h7-10,18,26-28H,11H2,1-6H3,(H,29,30). The van der Waals surface area contributed by atoms with Crippen LogP contribution in [0.2, 0.25) is 10.0 Å². The molecule has 0 saturated heterocycles. The number of carboxylic acid groups (broad SMARTS) is 1. The van der Waals surface area contributed by atoms with Crippen LogP contribution in [0.15, 0.2) is 24.3 Å². The average molecular weight is 454 g/mol. The van der Waals surface area contributed by atoms with E-state index in [4.69, 9.17) is 23.2 Å². The predicted molar refractivity (Wildman–Crippen MR) is 121 cm³/mol. The summed E-state index contributed by atoms with van der Waals surface area (Å²) < 4.78 is 0. The van der Waals surface area contributed by atoms with Gasteiger partial charge in [0.25, 0.3) is 0 Å². The number of aromatic hydroxyl groups is 2. The topological polar surface area (TPSA) is 89.8 Å². The molecule has 0 fully saturated rings. The van der Waals surface area contributed by atoms with Crippen LogP contribution >= 0.6 is 23.2 Å². The van der Waals surface area contributed by atoms with Gasteiger partial charge in [-0.1, -0.05) is 64.7 Å². The Labute approximate surface area is 187 Å². The molecule has 2 aromatic carbocycles. The van der Waals surface area contributed by atoms with Crippen molar-refractivity contribution in [3.05, 3.63) is 56.6 Å². The molecule has 0 heterocycles. The summed E-state index contributed by atoms with van der Waals surface area (Å²) >= 11 is 12.0. The number of hydrogen-bond acceptors (Lipinski definition) is 4. The molecule has 0 aliphatic heterocycles. The van der Waals surface area contributed by atoms with Crippen molar-refractivity contribution in [3.63, 3.8) is 0 Å². The van der Waals surface area contributed by atoms with Gasteiger partial charge in [0, 0.05) is 17.1 Å². The van der Waals surface area contributed by atoms with Gasteiger partial charge in [0.05, 0.1) is 5.02 Å². The van der Waals surface area contributed by atoms with Crippen LogP contribution in [0.1, 0.15) is 69.8 Å². The minimum Gasteiger partial charge on any atom is -0.507 e. The highest BCUT2D eigenvalue weighted by atomic mass is 35.5. The largest absolute Gasteiger partial charge is 0.507 e. The molecule has 0 aromatic heterocycles. The van der Waals surface area contributed by atoms with Gasteiger partial charge >= 0.3 is 5.97 Å². The zero-order chi connectivity index (χ0) is 23.0. The first-order valence-electron chi connectivity index (χ1n) is 9.64. The molecule has 0 aliphatic rings. The van der Waals surface area contributed by atoms with Crippen LogP contribution in [0.3, 0.4) is 0 Å². The number of halogens is 2. The van der Waals surface area contributed by atoms with Crippen molar-refractivity contribution in [2.45, 2.75) is 65.0 Å². The molecule has 0 bridgehead atoms. The Bertz CT molecular complexity index is 924. The molecule has 2 rings (SSSR count). The first-order valence-corrected chi connectivity index (χ1v) is 10.4. The molecule has 1 unspecified atom stereocenters. The fourth-order valence-corrected chi connectivity index (χ4v) is 3.82. The number of aliphatic carboxylic acids is 1. The van der Waals surface area contributed by atoms with Crippen LogP contribution in [0, 0.1) is 0 Å². The van der Waals surface area contributed by atoms with Crippen LogP contribution < -0.4 is 5.32 Å². The van der Waals surface area contributed by atoms with Crippen molar-refractivity contribution in [2.75, 3.05) is 0 Å². The van der Waals surface area contributed by atoms with E-state index in [9.17, 15) is 20.1 Å². The van der Waals surface area contributed by atoms with Gasteiger partial charge in [0.2, 0.25) is 0 Å². The van der Waals surface area contributed by atoms with Crippen molar-refractivity contribution in [3.8, 4) is 11.5 Å². The number of hydrogen-bond donors (Lipinski definition) is 4. The first kappa shape index (κ1) is 24.3. The van der Waals surface area contributed by atoms with E-state index in [1.807, 2.05) is 41.5 Å². The fourth-order valence-electron chi connectivity index (χ4n) is 3.28. The summed E-state index contributed by atoms with van der Waals surface area (Å²) in [4.78, 5) is 12.1. The van der Waals surface area contributed by atoms with Gasteiger partial charge in [0.1, 0.15) is 17.5 Å². The van der Waals surface area contributed by atoms with Gasteiger partial charge in [0.15, 0.2) is 0 Å². The van der Waals surface area contributed by atoms with Gasteiger partial charge in [-0.3, -0.25) is 10.1 Å². The normalized spacial score (nSPS) is 13.3. The summed E-state index contributed by atoms with van der Waals surface area (Å²) in [6, 6.07) is 5.33. The Kier molecular flexibility index (Phi) is 7.02. The zero-order valence-electron chi connectivity index (χ0n) is 18.1. The van der Waals surface area contributed by atoms with E-state index in [0.717, 1.165) is 0 Å². The number of phenols is 2. The van der Waals surface area contributed by atoms with Gasteiger partial charge in [-0.25, -0.2) is 0 Å². The highest BCUT2D eigenvalue weighted by Gasteiger charge is 2.30. The van der Waals surface area contributed by atoms with Crippen molar-refractivity contribution >= 4 is 29.2 Å². The number of benzene rings is 2. The van der Waals surface area contributed by atoms with Crippen molar-refractivity contribution < 1.29 is 20.1 Å². The molecule has 1 atom stereocenters. The van der Waals surface area contributed by atoms with E-state index >= 15 is 0 Å². The van der Waals surface area contributed by atoms with Crippen LogP contribution in [0.4, 0.5) is 0 Å². The fraction of sp³-hybridized carbons (Fsp3) is 0.435. The number of rotatable bonds is 5. The van der Waals surface area contributed by atoms with E-state index < -0.39 is 12.0 Å². The Morgan fingerprint density at radius 1 is 0.933 bits per heavy atom. The maximum absolute atomic E-state index is 12.1. The maximum Gasteiger partial charge on any atom is 0.325 e. The molecule has 2 aromatic rings. The lowest BCUT2D eigenvalue weighted by Crippen LogP contribution is -2.29. The second kappa shape index (κ2) is 8.66. The van der Waals surface area contributed by atoms with Crippen LogP contribution in [0.25, 0.3) is 0 Å². The molecule has 164 valence electrons. The van der Waals surface area contributed by atoms with Crippen molar-refractivity contribution in [1.82, 2.24) is 5.32 Å². The molecule has 0 spiro atoms. The summed E-state index contributed by atoms with van der Waals surface area (Å²) in [6.45, 7) is 11.8. The van der Waals surface area contributed by atoms with Crippen molar-refractivity contribution in [2.24, 2.45) is 0 Å². The Balaban J connectivity index is 2.53. The predicted octanol–water partition coefficient (Wildman–Crippen LogP) is 5.92. The molecule has 5 nitrogen and oxygen atoms in total. The average Bonchev–Trinajstić information content (AvgIpc) is 2.57. The van der Waals surface area contributed by atoms with Crippen LogP contribution in [-0.2, 0) is 22.2 Å². The second-order valence-corrected chi connectivity index (χ2v) is 10.4. The monoisotopic (exact) mass is 453 g/mol. The SMILES string of the molecule is CC(C)(C)c1cc(C(NCc2cc(Cl)cc(Cl)c2O)C(=O)O)cc(C(C)(C)C)c1O. The van der Waals surface area contributed by atoms with Crippen molar-refractivity contribution in [1.29, 1.82) is 0 Å². The number of carbonyl (C=O) groups is 1. The minimum atomic E-state index is -1.08. The van der Waals surface area contributed by atoms with Gasteiger partial charge < -0.3 is 15.3 Å². The quantitative estimate of drug-likeness (QED) is 0.451. The lowest BCUT2D eigenvalue weighted by molar-refractivity contribution is -0.139. The van der Waals surface area contributed by atoms with Crippen LogP contribution in [-0.4, -0.2) is 21.3 Å². The Morgan fingerprint density at radius 2 is 1.43 bits per heavy atom. The van der Waals surface area contributed by atoms with Crippen LogP contribution in [0.5, 0.6) is 11.5 Å². The lowest BCUT2D eigenvalue weighted by Gasteiger charge is -2.29. The molecule has 0 radical (unpaired) electrons.